The van der Waals surface area contributed by atoms with Gasteiger partial charge in [0.1, 0.15) is 11.7 Å². The van der Waals surface area contributed by atoms with Crippen LogP contribution in [0, 0.1) is 28.6 Å². The molecule has 0 aliphatic rings. The Morgan fingerprint density at radius 3 is 2.17 bits per heavy atom. The van der Waals surface area contributed by atoms with E-state index in [1.807, 2.05) is 66.7 Å². The van der Waals surface area contributed by atoms with Crippen molar-refractivity contribution in [1.82, 2.24) is 0 Å². The second-order valence-electron chi connectivity index (χ2n) is 5.52. The van der Waals surface area contributed by atoms with Crippen molar-refractivity contribution in [3.05, 3.63) is 77.9 Å². The normalized spacial score (nSPS) is 11.7. The number of rotatable bonds is 4. The zero-order valence-electron chi connectivity index (χ0n) is 13.3. The summed E-state index contributed by atoms with van der Waals surface area (Å²) in [5.41, 5.74) is 1.81. The quantitative estimate of drug-likeness (QED) is 0.705. The van der Waals surface area contributed by atoms with E-state index in [1.54, 1.807) is 7.11 Å². The number of methoxy groups -OCH3 is 1. The topological polar surface area (TPSA) is 56.8 Å². The summed E-state index contributed by atoms with van der Waals surface area (Å²) >= 11 is 0. The summed E-state index contributed by atoms with van der Waals surface area (Å²) in [7, 11) is 1.60. The number of nitriles is 2. The molecule has 0 radical (unpaired) electrons. The minimum Gasteiger partial charge on any atom is -0.496 e. The Balaban J connectivity index is 2.30. The van der Waals surface area contributed by atoms with Gasteiger partial charge in [0.25, 0.3) is 0 Å². The first-order valence-electron chi connectivity index (χ1n) is 7.70. The monoisotopic (exact) mass is 312 g/mol. The molecule has 0 heterocycles. The molecule has 0 bridgehead atoms. The summed E-state index contributed by atoms with van der Waals surface area (Å²) in [4.78, 5) is 0. The lowest BCUT2D eigenvalue weighted by molar-refractivity contribution is 0.406. The van der Waals surface area contributed by atoms with Crippen molar-refractivity contribution >= 4 is 10.8 Å². The lowest BCUT2D eigenvalue weighted by Crippen LogP contribution is -2.13. The van der Waals surface area contributed by atoms with Crippen LogP contribution in [0.5, 0.6) is 5.75 Å². The van der Waals surface area contributed by atoms with Gasteiger partial charge in [0.15, 0.2) is 0 Å². The van der Waals surface area contributed by atoms with Gasteiger partial charge in [-0.1, -0.05) is 60.7 Å². The van der Waals surface area contributed by atoms with Crippen LogP contribution in [-0.4, -0.2) is 7.11 Å². The van der Waals surface area contributed by atoms with Gasteiger partial charge in [-0.25, -0.2) is 0 Å². The van der Waals surface area contributed by atoms with E-state index in [9.17, 15) is 10.5 Å². The molecule has 0 fully saturated rings. The minimum atomic E-state index is -0.799. The van der Waals surface area contributed by atoms with Gasteiger partial charge in [-0.3, -0.25) is 0 Å². The molecule has 3 rings (SSSR count). The highest BCUT2D eigenvalue weighted by Gasteiger charge is 2.28. The van der Waals surface area contributed by atoms with Gasteiger partial charge in [-0.05, 0) is 22.4 Å². The van der Waals surface area contributed by atoms with Crippen LogP contribution in [-0.2, 0) is 0 Å². The molecule has 3 nitrogen and oxygen atoms in total. The third-order valence-electron chi connectivity index (χ3n) is 4.24. The van der Waals surface area contributed by atoms with Crippen LogP contribution in [0.15, 0.2) is 66.7 Å². The smallest absolute Gasteiger partial charge is 0.144 e. The van der Waals surface area contributed by atoms with Crippen molar-refractivity contribution in [3.8, 4) is 17.9 Å². The number of ether oxygens (including phenoxy) is 1. The largest absolute Gasteiger partial charge is 0.496 e. The fraction of sp³-hybridized carbons (Fsp3) is 0.143. The number of benzene rings is 3. The summed E-state index contributed by atoms with van der Waals surface area (Å²) < 4.78 is 5.48. The molecule has 0 aliphatic heterocycles. The van der Waals surface area contributed by atoms with Crippen molar-refractivity contribution < 1.29 is 4.74 Å². The highest BCUT2D eigenvalue weighted by molar-refractivity contribution is 5.86. The number of hydrogen-bond donors (Lipinski definition) is 0. The predicted molar refractivity (Wildman–Crippen MR) is 93.5 cm³/mol. The highest BCUT2D eigenvalue weighted by atomic mass is 16.5. The molecule has 0 aliphatic carbocycles. The molecule has 1 unspecified atom stereocenters. The van der Waals surface area contributed by atoms with Gasteiger partial charge in [-0.2, -0.15) is 10.5 Å². The summed E-state index contributed by atoms with van der Waals surface area (Å²) in [6.07, 6.45) is 0. The van der Waals surface area contributed by atoms with Crippen LogP contribution in [0.2, 0.25) is 0 Å². The predicted octanol–water partition coefficient (Wildman–Crippen LogP) is 4.64. The van der Waals surface area contributed by atoms with Crippen molar-refractivity contribution in [2.24, 2.45) is 5.92 Å². The maximum Gasteiger partial charge on any atom is 0.144 e. The maximum absolute atomic E-state index is 9.54. The number of fused-ring (bicyclic) bond motifs is 1. The zero-order valence-corrected chi connectivity index (χ0v) is 13.3. The average Bonchev–Trinajstić information content (AvgIpc) is 2.66. The molecule has 0 aromatic heterocycles. The van der Waals surface area contributed by atoms with Crippen LogP contribution in [0.4, 0.5) is 0 Å². The van der Waals surface area contributed by atoms with Crippen LogP contribution < -0.4 is 4.74 Å². The lowest BCUT2D eigenvalue weighted by atomic mass is 9.79. The van der Waals surface area contributed by atoms with Crippen molar-refractivity contribution in [2.45, 2.75) is 5.92 Å². The van der Waals surface area contributed by atoms with E-state index < -0.39 is 5.92 Å². The zero-order chi connectivity index (χ0) is 16.9. The number of para-hydroxylation sites is 1. The standard InChI is InChI=1S/C21H16N2O/c1-24-20-12-5-4-10-19(20)21(16(13-22)14-23)18-11-6-8-15-7-2-3-9-17(15)18/h2-12,16,21H,1H3. The van der Waals surface area contributed by atoms with Crippen molar-refractivity contribution in [3.63, 3.8) is 0 Å². The minimum absolute atomic E-state index is 0.373. The maximum atomic E-state index is 9.54. The van der Waals surface area contributed by atoms with Gasteiger partial charge in [0.2, 0.25) is 0 Å². The second-order valence-corrected chi connectivity index (χ2v) is 5.52. The van der Waals surface area contributed by atoms with Crippen LogP contribution >= 0.6 is 0 Å². The fourth-order valence-electron chi connectivity index (χ4n) is 3.15. The molecule has 3 aromatic rings. The molecule has 0 spiro atoms. The molecular formula is C21H16N2O. The third-order valence-corrected chi connectivity index (χ3v) is 4.24. The second kappa shape index (κ2) is 6.86. The van der Waals surface area contributed by atoms with Crippen molar-refractivity contribution in [2.75, 3.05) is 7.11 Å². The Bertz CT molecular complexity index is 930. The van der Waals surface area contributed by atoms with Gasteiger partial charge in [0.05, 0.1) is 19.2 Å². The van der Waals surface area contributed by atoms with Crippen LogP contribution in [0.3, 0.4) is 0 Å². The van der Waals surface area contributed by atoms with Crippen LogP contribution in [0.1, 0.15) is 17.0 Å². The van der Waals surface area contributed by atoms with E-state index in [-0.39, 0.29) is 5.92 Å². The first-order chi connectivity index (χ1) is 11.8. The summed E-state index contributed by atoms with van der Waals surface area (Å²) in [6.45, 7) is 0. The Morgan fingerprint density at radius 1 is 0.792 bits per heavy atom. The first kappa shape index (κ1) is 15.6. The summed E-state index contributed by atoms with van der Waals surface area (Å²) in [5, 5.41) is 21.2. The molecule has 0 saturated carbocycles. The number of hydrogen-bond acceptors (Lipinski definition) is 3. The molecule has 0 N–H and O–H groups in total. The summed E-state index contributed by atoms with van der Waals surface area (Å²) in [5.74, 6) is -0.486. The van der Waals surface area contributed by atoms with Gasteiger partial charge in [-0.15, -0.1) is 0 Å². The number of nitrogens with zero attached hydrogens (tertiary/aromatic N) is 2. The summed E-state index contributed by atoms with van der Waals surface area (Å²) in [6, 6.07) is 25.9. The molecule has 24 heavy (non-hydrogen) atoms. The van der Waals surface area contributed by atoms with Gasteiger partial charge in [0, 0.05) is 11.5 Å². The van der Waals surface area contributed by atoms with Gasteiger partial charge >= 0.3 is 0 Å². The van der Waals surface area contributed by atoms with E-state index in [2.05, 4.69) is 12.1 Å². The van der Waals surface area contributed by atoms with Gasteiger partial charge < -0.3 is 4.74 Å². The molecule has 116 valence electrons. The first-order valence-corrected chi connectivity index (χ1v) is 7.70. The SMILES string of the molecule is COc1ccccc1C(c1cccc2ccccc12)C(C#N)C#N. The Labute approximate surface area is 141 Å². The van der Waals surface area contributed by atoms with E-state index in [4.69, 9.17) is 4.74 Å². The van der Waals surface area contributed by atoms with E-state index in [0.29, 0.717) is 5.75 Å². The van der Waals surface area contributed by atoms with E-state index >= 15 is 0 Å². The lowest BCUT2D eigenvalue weighted by Gasteiger charge is -2.22. The van der Waals surface area contributed by atoms with E-state index in [1.165, 1.54) is 0 Å². The molecule has 3 heteroatoms. The van der Waals surface area contributed by atoms with E-state index in [0.717, 1.165) is 21.9 Å². The molecular weight excluding hydrogens is 296 g/mol. The Morgan fingerprint density at radius 2 is 1.42 bits per heavy atom. The van der Waals surface area contributed by atoms with Crippen LogP contribution in [0.25, 0.3) is 10.8 Å². The Hall–Kier alpha value is -3.30. The molecule has 3 aromatic carbocycles. The molecule has 0 amide bonds. The fourth-order valence-corrected chi connectivity index (χ4v) is 3.15. The Kier molecular flexibility index (Phi) is 4.45. The highest BCUT2D eigenvalue weighted by Crippen LogP contribution is 2.39. The molecule has 1 atom stereocenters. The van der Waals surface area contributed by atoms with Crippen molar-refractivity contribution in [1.29, 1.82) is 10.5 Å². The molecule has 0 saturated heterocycles. The third kappa shape index (κ3) is 2.69. The average molecular weight is 312 g/mol.